The van der Waals surface area contributed by atoms with Crippen molar-refractivity contribution in [2.24, 2.45) is 0 Å². The Morgan fingerprint density at radius 1 is 1.03 bits per heavy atom. The van der Waals surface area contributed by atoms with Gasteiger partial charge in [0.2, 0.25) is 11.7 Å². The maximum Gasteiger partial charge on any atom is 0.258 e. The summed E-state index contributed by atoms with van der Waals surface area (Å²) in [6.07, 6.45) is 0.159. The fraction of sp³-hybridized carbons (Fsp3) is 0.333. The van der Waals surface area contributed by atoms with Gasteiger partial charge in [0.05, 0.1) is 17.8 Å². The van der Waals surface area contributed by atoms with Gasteiger partial charge in [-0.1, -0.05) is 23.3 Å². The van der Waals surface area contributed by atoms with E-state index in [1.165, 1.54) is 6.07 Å². The average molecular weight is 505 g/mol. The highest BCUT2D eigenvalue weighted by molar-refractivity contribution is 5.93. The molecule has 0 spiro atoms. The molecule has 0 bridgehead atoms. The second-order valence-corrected chi connectivity index (χ2v) is 9.12. The van der Waals surface area contributed by atoms with Crippen molar-refractivity contribution in [2.75, 3.05) is 42.9 Å². The molecule has 3 heterocycles. The van der Waals surface area contributed by atoms with E-state index >= 15 is 0 Å². The van der Waals surface area contributed by atoms with Gasteiger partial charge in [-0.2, -0.15) is 4.98 Å². The molecule has 1 fully saturated rings. The number of aryl methyl sites for hydroxylation is 2. The second-order valence-electron chi connectivity index (χ2n) is 9.12. The van der Waals surface area contributed by atoms with Crippen molar-refractivity contribution >= 4 is 17.3 Å². The van der Waals surface area contributed by atoms with E-state index in [4.69, 9.17) is 9.05 Å². The summed E-state index contributed by atoms with van der Waals surface area (Å²) in [5.74, 6) is 0.700. The van der Waals surface area contributed by atoms with Crippen LogP contribution < -0.4 is 10.2 Å². The van der Waals surface area contributed by atoms with Crippen LogP contribution in [0.5, 0.6) is 0 Å². The van der Waals surface area contributed by atoms with Crippen molar-refractivity contribution in [3.63, 3.8) is 0 Å². The van der Waals surface area contributed by atoms with Crippen LogP contribution in [0.15, 0.2) is 51.5 Å². The van der Waals surface area contributed by atoms with Crippen LogP contribution >= 0.6 is 0 Å². The zero-order chi connectivity index (χ0) is 25.9. The number of rotatable bonds is 7. The van der Waals surface area contributed by atoms with Crippen LogP contribution in [0.1, 0.15) is 23.9 Å². The second kappa shape index (κ2) is 10.5. The normalized spacial score (nSPS) is 14.2. The smallest absolute Gasteiger partial charge is 0.258 e. The molecule has 5 rings (SSSR count). The number of amides is 1. The van der Waals surface area contributed by atoms with Crippen molar-refractivity contribution in [2.45, 2.75) is 27.2 Å². The van der Waals surface area contributed by atoms with Gasteiger partial charge in [-0.15, -0.1) is 0 Å². The Morgan fingerprint density at radius 2 is 1.84 bits per heavy atom. The first kappa shape index (κ1) is 24.6. The monoisotopic (exact) mass is 504 g/mol. The van der Waals surface area contributed by atoms with E-state index in [1.54, 1.807) is 44.2 Å². The van der Waals surface area contributed by atoms with Crippen LogP contribution in [0, 0.1) is 19.7 Å². The Balaban J connectivity index is 1.28. The number of hydrogen-bond donors (Lipinski definition) is 1. The molecule has 1 saturated heterocycles. The fourth-order valence-electron chi connectivity index (χ4n) is 4.52. The van der Waals surface area contributed by atoms with E-state index in [1.807, 2.05) is 6.07 Å². The average Bonchev–Trinajstić information content (AvgIpc) is 3.52. The number of carbonyl (C=O) groups excluding carboxylic acids is 1. The first-order valence-corrected chi connectivity index (χ1v) is 12.3. The molecule has 2 aromatic carbocycles. The summed E-state index contributed by atoms with van der Waals surface area (Å²) in [5.41, 5.74) is 3.82. The minimum absolute atomic E-state index is 0.159. The highest BCUT2D eigenvalue weighted by atomic mass is 19.1. The molecule has 0 saturated carbocycles. The Morgan fingerprint density at radius 3 is 2.54 bits per heavy atom. The molecule has 4 aromatic rings. The molecule has 10 heteroatoms. The summed E-state index contributed by atoms with van der Waals surface area (Å²) in [4.78, 5) is 21.4. The summed E-state index contributed by atoms with van der Waals surface area (Å²) < 4.78 is 25.6. The van der Waals surface area contributed by atoms with Crippen molar-refractivity contribution in [1.82, 2.24) is 20.2 Å². The van der Waals surface area contributed by atoms with Crippen molar-refractivity contribution in [3.05, 3.63) is 65.3 Å². The lowest BCUT2D eigenvalue weighted by molar-refractivity contribution is -0.115. The lowest BCUT2D eigenvalue weighted by atomic mass is 10.1. The Labute approximate surface area is 214 Å². The SMILES string of the molecule is CCN1CCN(c2ccc(-c3noc(-c4cccc(NC(=O)Cc5c(C)noc5C)c4)n3)cc2F)CC1. The minimum atomic E-state index is -0.309. The van der Waals surface area contributed by atoms with Crippen LogP contribution in [0.4, 0.5) is 15.8 Å². The molecule has 192 valence electrons. The number of benzene rings is 2. The number of hydrogen-bond acceptors (Lipinski definition) is 8. The summed E-state index contributed by atoms with van der Waals surface area (Å²) in [6, 6.07) is 12.2. The molecule has 1 N–H and O–H groups in total. The zero-order valence-corrected chi connectivity index (χ0v) is 21.1. The number of aromatic nitrogens is 3. The molecule has 0 radical (unpaired) electrons. The number of nitrogens with zero attached hydrogens (tertiary/aromatic N) is 5. The number of halogens is 1. The first-order valence-electron chi connectivity index (χ1n) is 12.3. The van der Waals surface area contributed by atoms with Crippen molar-refractivity contribution < 1.29 is 18.2 Å². The van der Waals surface area contributed by atoms with E-state index in [2.05, 4.69) is 37.3 Å². The van der Waals surface area contributed by atoms with Gasteiger partial charge < -0.3 is 24.2 Å². The third-order valence-corrected chi connectivity index (χ3v) is 6.70. The molecule has 1 aliphatic rings. The number of carbonyl (C=O) groups is 1. The number of likely N-dealkylation sites (N-methyl/N-ethyl adjacent to an activating group) is 1. The molecular weight excluding hydrogens is 475 g/mol. The molecule has 1 amide bonds. The van der Waals surface area contributed by atoms with Crippen LogP contribution in [0.2, 0.25) is 0 Å². The van der Waals surface area contributed by atoms with Gasteiger partial charge in [0.15, 0.2) is 0 Å². The molecular formula is C27H29FN6O3. The molecule has 0 atom stereocenters. The molecule has 9 nitrogen and oxygen atoms in total. The topological polar surface area (TPSA) is 101 Å². The van der Waals surface area contributed by atoms with Gasteiger partial charge in [0, 0.05) is 48.6 Å². The number of piperazine rings is 1. The van der Waals surface area contributed by atoms with E-state index in [-0.39, 0.29) is 24.0 Å². The minimum Gasteiger partial charge on any atom is -0.367 e. The van der Waals surface area contributed by atoms with Gasteiger partial charge in [0.1, 0.15) is 11.6 Å². The Kier molecular flexibility index (Phi) is 7.00. The standard InChI is InChI=1S/C27H29FN6O3/c1-4-33-10-12-34(13-11-33)24-9-8-19(15-23(24)28)26-30-27(37-32-26)20-6-5-7-21(14-20)29-25(35)16-22-17(2)31-36-18(22)3/h5-9,14-15H,4,10-13,16H2,1-3H3,(H,29,35). The number of nitrogens with one attached hydrogen (secondary N) is 1. The lowest BCUT2D eigenvalue weighted by Crippen LogP contribution is -2.46. The van der Waals surface area contributed by atoms with Crippen molar-refractivity contribution in [1.29, 1.82) is 0 Å². The summed E-state index contributed by atoms with van der Waals surface area (Å²) >= 11 is 0. The predicted molar refractivity (Wildman–Crippen MR) is 138 cm³/mol. The lowest BCUT2D eigenvalue weighted by Gasteiger charge is -2.35. The first-order chi connectivity index (χ1) is 17.9. The third-order valence-electron chi connectivity index (χ3n) is 6.70. The Bertz CT molecular complexity index is 1390. The summed E-state index contributed by atoms with van der Waals surface area (Å²) in [7, 11) is 0. The molecule has 37 heavy (non-hydrogen) atoms. The molecule has 0 aliphatic carbocycles. The largest absolute Gasteiger partial charge is 0.367 e. The molecule has 0 unspecified atom stereocenters. The van der Waals surface area contributed by atoms with Crippen LogP contribution in [0.25, 0.3) is 22.8 Å². The van der Waals surface area contributed by atoms with E-state index < -0.39 is 0 Å². The highest BCUT2D eigenvalue weighted by Crippen LogP contribution is 2.28. The van der Waals surface area contributed by atoms with Gasteiger partial charge in [-0.25, -0.2) is 4.39 Å². The maximum absolute atomic E-state index is 15.0. The Hall–Kier alpha value is -4.05. The summed E-state index contributed by atoms with van der Waals surface area (Å²) in [5, 5.41) is 10.8. The molecule has 1 aliphatic heterocycles. The van der Waals surface area contributed by atoms with Crippen molar-refractivity contribution in [3.8, 4) is 22.8 Å². The van der Waals surface area contributed by atoms with Gasteiger partial charge in [0.25, 0.3) is 5.89 Å². The van der Waals surface area contributed by atoms with Gasteiger partial charge in [-0.3, -0.25) is 4.79 Å². The predicted octanol–water partition coefficient (Wildman–Crippen LogP) is 4.47. The van der Waals surface area contributed by atoms with Crippen LogP contribution in [-0.4, -0.2) is 58.8 Å². The molecule has 2 aromatic heterocycles. The zero-order valence-electron chi connectivity index (χ0n) is 21.1. The van der Waals surface area contributed by atoms with Gasteiger partial charge in [-0.05, 0) is 56.8 Å². The van der Waals surface area contributed by atoms with E-state index in [0.717, 1.165) is 38.3 Å². The van der Waals surface area contributed by atoms with E-state index in [9.17, 15) is 9.18 Å². The van der Waals surface area contributed by atoms with Gasteiger partial charge >= 0.3 is 0 Å². The fourth-order valence-corrected chi connectivity index (χ4v) is 4.52. The number of anilines is 2. The summed E-state index contributed by atoms with van der Waals surface area (Å²) in [6.45, 7) is 10.2. The highest BCUT2D eigenvalue weighted by Gasteiger charge is 2.20. The van der Waals surface area contributed by atoms with Crippen LogP contribution in [-0.2, 0) is 11.2 Å². The third kappa shape index (κ3) is 5.39. The van der Waals surface area contributed by atoms with Crippen LogP contribution in [0.3, 0.4) is 0 Å². The van der Waals surface area contributed by atoms with E-state index in [0.29, 0.717) is 39.8 Å². The maximum atomic E-state index is 15.0. The quantitative estimate of drug-likeness (QED) is 0.394.